The van der Waals surface area contributed by atoms with Crippen LogP contribution in [0, 0.1) is 6.92 Å². The van der Waals surface area contributed by atoms with Crippen LogP contribution in [0.3, 0.4) is 0 Å². The third kappa shape index (κ3) is 4.32. The minimum absolute atomic E-state index is 0.218. The van der Waals surface area contributed by atoms with Gasteiger partial charge in [0.2, 0.25) is 10.0 Å². The molecular formula is C21H22N4O4S2. The Balaban J connectivity index is 1.61. The van der Waals surface area contributed by atoms with Crippen molar-refractivity contribution in [1.82, 2.24) is 14.3 Å². The summed E-state index contributed by atoms with van der Waals surface area (Å²) in [5.74, 6) is 0.257. The molecule has 0 aliphatic carbocycles. The van der Waals surface area contributed by atoms with Crippen LogP contribution in [-0.4, -0.2) is 42.3 Å². The lowest BCUT2D eigenvalue weighted by Gasteiger charge is -2.24. The molecule has 1 aliphatic rings. The highest BCUT2D eigenvalue weighted by Gasteiger charge is 2.37. The Bertz CT molecular complexity index is 1200. The van der Waals surface area contributed by atoms with Crippen LogP contribution < -0.4 is 10.1 Å². The average Bonchev–Trinajstić information content (AvgIpc) is 3.46. The second kappa shape index (κ2) is 8.74. The minimum atomic E-state index is -3.73. The quantitative estimate of drug-likeness (QED) is 0.605. The number of aryl methyl sites for hydroxylation is 1. The lowest BCUT2D eigenvalue weighted by atomic mass is 10.1. The molecule has 3 heterocycles. The van der Waals surface area contributed by atoms with Gasteiger partial charge < -0.3 is 4.74 Å². The lowest BCUT2D eigenvalue weighted by Crippen LogP contribution is -2.31. The molecule has 1 amide bonds. The molecule has 1 aromatic carbocycles. The van der Waals surface area contributed by atoms with Crippen molar-refractivity contribution in [1.29, 1.82) is 0 Å². The molecule has 4 rings (SSSR count). The fourth-order valence-electron chi connectivity index (χ4n) is 3.68. The summed E-state index contributed by atoms with van der Waals surface area (Å²) in [6.45, 7) is 2.21. The van der Waals surface area contributed by atoms with E-state index in [9.17, 15) is 13.2 Å². The third-order valence-electron chi connectivity index (χ3n) is 5.17. The van der Waals surface area contributed by atoms with Gasteiger partial charge in [-0.05, 0) is 55.7 Å². The van der Waals surface area contributed by atoms with Gasteiger partial charge in [0, 0.05) is 18.1 Å². The van der Waals surface area contributed by atoms with Gasteiger partial charge in [0.15, 0.2) is 5.13 Å². The van der Waals surface area contributed by atoms with Gasteiger partial charge in [0.1, 0.15) is 11.4 Å². The Labute approximate surface area is 185 Å². The maximum Gasteiger partial charge on any atom is 0.276 e. The van der Waals surface area contributed by atoms with Crippen LogP contribution >= 0.6 is 11.3 Å². The Morgan fingerprint density at radius 1 is 1.29 bits per heavy atom. The number of aromatic nitrogens is 2. The van der Waals surface area contributed by atoms with Crippen molar-refractivity contribution < 1.29 is 17.9 Å². The van der Waals surface area contributed by atoms with Crippen LogP contribution in [0.4, 0.5) is 5.13 Å². The Hall–Kier alpha value is -2.82. The molecule has 0 unspecified atom stereocenters. The Morgan fingerprint density at radius 2 is 2.13 bits per heavy atom. The molecule has 0 spiro atoms. The number of nitrogens with zero attached hydrogens (tertiary/aromatic N) is 3. The van der Waals surface area contributed by atoms with E-state index in [1.807, 2.05) is 6.92 Å². The van der Waals surface area contributed by atoms with Crippen LogP contribution in [0.25, 0.3) is 0 Å². The number of carbonyl (C=O) groups is 1. The molecule has 0 radical (unpaired) electrons. The molecule has 0 bridgehead atoms. The molecule has 31 heavy (non-hydrogen) atoms. The van der Waals surface area contributed by atoms with Crippen molar-refractivity contribution >= 4 is 32.4 Å². The van der Waals surface area contributed by atoms with E-state index in [-0.39, 0.29) is 16.5 Å². The van der Waals surface area contributed by atoms with Crippen LogP contribution in [0.1, 0.15) is 40.6 Å². The first-order valence-corrected chi connectivity index (χ1v) is 12.1. The van der Waals surface area contributed by atoms with Crippen molar-refractivity contribution in [3.63, 3.8) is 0 Å². The van der Waals surface area contributed by atoms with Gasteiger partial charge >= 0.3 is 0 Å². The summed E-state index contributed by atoms with van der Waals surface area (Å²) in [6.07, 6.45) is 2.96. The zero-order chi connectivity index (χ0) is 22.0. The monoisotopic (exact) mass is 458 g/mol. The molecule has 1 fully saturated rings. The van der Waals surface area contributed by atoms with E-state index in [0.29, 0.717) is 29.5 Å². The molecule has 2 aromatic heterocycles. The molecule has 3 aromatic rings. The van der Waals surface area contributed by atoms with Gasteiger partial charge in [-0.15, -0.1) is 11.3 Å². The number of carbonyl (C=O) groups excluding carboxylic acids is 1. The van der Waals surface area contributed by atoms with Crippen LogP contribution in [-0.2, 0) is 10.0 Å². The number of ether oxygens (including phenoxy) is 1. The number of hydrogen-bond acceptors (Lipinski definition) is 7. The summed E-state index contributed by atoms with van der Waals surface area (Å²) in [6, 6.07) is 9.50. The molecule has 1 aliphatic heterocycles. The summed E-state index contributed by atoms with van der Waals surface area (Å²) in [5.41, 5.74) is 1.52. The van der Waals surface area contributed by atoms with Gasteiger partial charge in [0.05, 0.1) is 23.7 Å². The summed E-state index contributed by atoms with van der Waals surface area (Å²) >= 11 is 1.31. The van der Waals surface area contributed by atoms with Crippen LogP contribution in [0.15, 0.2) is 52.9 Å². The highest BCUT2D eigenvalue weighted by atomic mass is 32.2. The van der Waals surface area contributed by atoms with Gasteiger partial charge in [0.25, 0.3) is 5.91 Å². The number of benzene rings is 1. The normalized spacial score (nSPS) is 16.9. The SMILES string of the molecule is COc1ccc(S(=O)(=O)N2CCC[C@H]2c2cccc(C(=O)Nc3nccs3)n2)cc1C. The third-order valence-corrected chi connectivity index (χ3v) is 7.77. The fourth-order valence-corrected chi connectivity index (χ4v) is 5.96. The van der Waals surface area contributed by atoms with E-state index in [2.05, 4.69) is 15.3 Å². The molecule has 10 heteroatoms. The van der Waals surface area contributed by atoms with E-state index < -0.39 is 16.1 Å². The zero-order valence-corrected chi connectivity index (χ0v) is 18.7. The molecule has 0 saturated carbocycles. The molecule has 1 atom stereocenters. The standard InChI is InChI=1S/C21H22N4O4S2/c1-14-13-15(8-9-19(14)29-2)31(27,28)25-11-4-7-18(25)16-5-3-6-17(23-16)20(26)24-21-22-10-12-30-21/h3,5-6,8-10,12-13,18H,4,7,11H2,1-2H3,(H,22,24,26)/t18-/m0/s1. The number of thiazole rings is 1. The highest BCUT2D eigenvalue weighted by Crippen LogP contribution is 2.36. The molecule has 162 valence electrons. The highest BCUT2D eigenvalue weighted by molar-refractivity contribution is 7.89. The predicted octanol–water partition coefficient (Wildman–Crippen LogP) is 3.63. The van der Waals surface area contributed by atoms with Crippen molar-refractivity contribution in [3.05, 3.63) is 64.9 Å². The van der Waals surface area contributed by atoms with E-state index >= 15 is 0 Å². The van der Waals surface area contributed by atoms with E-state index in [4.69, 9.17) is 4.74 Å². The predicted molar refractivity (Wildman–Crippen MR) is 118 cm³/mol. The van der Waals surface area contributed by atoms with Crippen molar-refractivity contribution in [2.45, 2.75) is 30.7 Å². The van der Waals surface area contributed by atoms with Crippen molar-refractivity contribution in [2.75, 3.05) is 19.0 Å². The van der Waals surface area contributed by atoms with Gasteiger partial charge in [-0.25, -0.2) is 18.4 Å². The topological polar surface area (TPSA) is 101 Å². The average molecular weight is 459 g/mol. The second-order valence-corrected chi connectivity index (χ2v) is 9.93. The number of amides is 1. The van der Waals surface area contributed by atoms with E-state index in [1.54, 1.807) is 55.1 Å². The van der Waals surface area contributed by atoms with Crippen molar-refractivity contribution in [2.24, 2.45) is 0 Å². The van der Waals surface area contributed by atoms with Crippen LogP contribution in [0.5, 0.6) is 5.75 Å². The van der Waals surface area contributed by atoms with Gasteiger partial charge in [-0.1, -0.05) is 6.07 Å². The van der Waals surface area contributed by atoms with Gasteiger partial charge in [-0.2, -0.15) is 4.31 Å². The molecule has 1 saturated heterocycles. The first-order valence-electron chi connectivity index (χ1n) is 9.74. The summed E-state index contributed by atoms with van der Waals surface area (Å²) in [5, 5.41) is 4.95. The number of methoxy groups -OCH3 is 1. The summed E-state index contributed by atoms with van der Waals surface area (Å²) in [4.78, 5) is 21.3. The zero-order valence-electron chi connectivity index (χ0n) is 17.1. The summed E-state index contributed by atoms with van der Waals surface area (Å²) < 4.78 is 33.5. The smallest absolute Gasteiger partial charge is 0.276 e. The molecule has 1 N–H and O–H groups in total. The minimum Gasteiger partial charge on any atom is -0.496 e. The first kappa shape index (κ1) is 21.4. The molecular weight excluding hydrogens is 436 g/mol. The number of pyridine rings is 1. The van der Waals surface area contributed by atoms with Crippen molar-refractivity contribution in [3.8, 4) is 5.75 Å². The Morgan fingerprint density at radius 3 is 2.84 bits per heavy atom. The molecule has 8 nitrogen and oxygen atoms in total. The van der Waals surface area contributed by atoms with E-state index in [0.717, 1.165) is 12.0 Å². The van der Waals surface area contributed by atoms with E-state index in [1.165, 1.54) is 15.6 Å². The number of rotatable bonds is 6. The number of anilines is 1. The second-order valence-electron chi connectivity index (χ2n) is 7.14. The fraction of sp³-hybridized carbons (Fsp3) is 0.286. The Kier molecular flexibility index (Phi) is 6.03. The van der Waals surface area contributed by atoms with Gasteiger partial charge in [-0.3, -0.25) is 10.1 Å². The lowest BCUT2D eigenvalue weighted by molar-refractivity contribution is 0.102. The maximum absolute atomic E-state index is 13.4. The largest absolute Gasteiger partial charge is 0.496 e. The first-order chi connectivity index (χ1) is 14.9. The number of sulfonamides is 1. The maximum atomic E-state index is 13.4. The number of nitrogens with one attached hydrogen (secondary N) is 1. The van der Waals surface area contributed by atoms with Crippen LogP contribution in [0.2, 0.25) is 0 Å². The number of hydrogen-bond donors (Lipinski definition) is 1. The summed E-state index contributed by atoms with van der Waals surface area (Å²) in [7, 11) is -2.18.